The van der Waals surface area contributed by atoms with E-state index in [1.54, 1.807) is 0 Å². The number of benzene rings is 1. The van der Waals surface area contributed by atoms with Crippen LogP contribution in [0.15, 0.2) is 40.4 Å². The molecule has 0 saturated heterocycles. The molecule has 1 heterocycles. The fourth-order valence-corrected chi connectivity index (χ4v) is 1.77. The Balaban J connectivity index is 2.17. The predicted octanol–water partition coefficient (Wildman–Crippen LogP) is 2.90. The Hall–Kier alpha value is -2.35. The van der Waals surface area contributed by atoms with Crippen molar-refractivity contribution >= 4 is 23.5 Å². The third-order valence-electron chi connectivity index (χ3n) is 2.69. The van der Waals surface area contributed by atoms with Crippen molar-refractivity contribution in [1.82, 2.24) is 9.78 Å². The highest BCUT2D eigenvalue weighted by atomic mass is 35.5. The highest BCUT2D eigenvalue weighted by Gasteiger charge is 2.30. The van der Waals surface area contributed by atoms with Gasteiger partial charge in [0, 0.05) is 7.05 Å². The predicted molar refractivity (Wildman–Crippen MR) is 77.1 cm³/mol. The van der Waals surface area contributed by atoms with Gasteiger partial charge in [-0.15, -0.1) is 0 Å². The van der Waals surface area contributed by atoms with E-state index in [-0.39, 0.29) is 16.3 Å². The van der Waals surface area contributed by atoms with E-state index in [9.17, 15) is 18.0 Å². The first kappa shape index (κ1) is 16.0. The summed E-state index contributed by atoms with van der Waals surface area (Å²) in [5.74, 6) is 0. The van der Waals surface area contributed by atoms with Crippen molar-refractivity contribution in [2.45, 2.75) is 6.18 Å². The molecule has 1 N–H and O–H groups in total. The van der Waals surface area contributed by atoms with Crippen molar-refractivity contribution < 1.29 is 13.2 Å². The minimum absolute atomic E-state index is 0.112. The van der Waals surface area contributed by atoms with Crippen molar-refractivity contribution in [3.05, 3.63) is 57.0 Å². The highest BCUT2D eigenvalue weighted by Crippen LogP contribution is 2.29. The Kier molecular flexibility index (Phi) is 4.51. The van der Waals surface area contributed by atoms with Gasteiger partial charge in [-0.05, 0) is 17.7 Å². The zero-order chi connectivity index (χ0) is 16.3. The molecular weight excluding hydrogens is 321 g/mol. The number of nitrogens with zero attached hydrogens (tertiary/aromatic N) is 3. The van der Waals surface area contributed by atoms with Gasteiger partial charge in [0.2, 0.25) is 0 Å². The van der Waals surface area contributed by atoms with Crippen molar-refractivity contribution in [1.29, 1.82) is 0 Å². The molecule has 22 heavy (non-hydrogen) atoms. The molecule has 0 aliphatic rings. The van der Waals surface area contributed by atoms with Gasteiger partial charge in [-0.2, -0.15) is 23.4 Å². The van der Waals surface area contributed by atoms with E-state index in [0.29, 0.717) is 0 Å². The molecule has 0 aliphatic carbocycles. The van der Waals surface area contributed by atoms with Gasteiger partial charge in [0.1, 0.15) is 10.7 Å². The molecule has 2 aromatic rings. The van der Waals surface area contributed by atoms with Crippen LogP contribution in [-0.4, -0.2) is 16.0 Å². The van der Waals surface area contributed by atoms with Crippen LogP contribution in [0.5, 0.6) is 0 Å². The van der Waals surface area contributed by atoms with Crippen LogP contribution in [0.3, 0.4) is 0 Å². The number of hydrazone groups is 1. The summed E-state index contributed by atoms with van der Waals surface area (Å²) >= 11 is 5.81. The van der Waals surface area contributed by atoms with E-state index in [1.807, 2.05) is 0 Å². The molecule has 0 aliphatic heterocycles. The molecule has 9 heteroatoms. The van der Waals surface area contributed by atoms with E-state index in [1.165, 1.54) is 31.6 Å². The topological polar surface area (TPSA) is 59.3 Å². The fraction of sp³-hybridized carbons (Fsp3) is 0.154. The number of aryl methyl sites for hydroxylation is 1. The number of hydrogen-bond donors (Lipinski definition) is 1. The SMILES string of the molecule is Cn1ncc(N/N=C\c2cccc(C(F)(F)F)c2)c(Cl)c1=O. The number of nitrogens with one attached hydrogen (secondary N) is 1. The Morgan fingerprint density at radius 2 is 2.14 bits per heavy atom. The number of hydrogen-bond acceptors (Lipinski definition) is 4. The monoisotopic (exact) mass is 330 g/mol. The first-order chi connectivity index (χ1) is 10.3. The van der Waals surface area contributed by atoms with Gasteiger partial charge >= 0.3 is 6.18 Å². The summed E-state index contributed by atoms with van der Waals surface area (Å²) in [4.78, 5) is 11.5. The Morgan fingerprint density at radius 3 is 2.82 bits per heavy atom. The van der Waals surface area contributed by atoms with E-state index < -0.39 is 17.3 Å². The third-order valence-corrected chi connectivity index (χ3v) is 3.06. The fourth-order valence-electron chi connectivity index (χ4n) is 1.56. The maximum atomic E-state index is 12.6. The van der Waals surface area contributed by atoms with Gasteiger partial charge in [0.15, 0.2) is 0 Å². The zero-order valence-electron chi connectivity index (χ0n) is 11.2. The quantitative estimate of drug-likeness (QED) is 0.695. The van der Waals surface area contributed by atoms with Crippen LogP contribution in [0, 0.1) is 0 Å². The summed E-state index contributed by atoms with van der Waals surface area (Å²) in [6, 6.07) is 4.66. The molecule has 0 spiro atoms. The third kappa shape index (κ3) is 3.64. The summed E-state index contributed by atoms with van der Waals surface area (Å²) < 4.78 is 38.7. The van der Waals surface area contributed by atoms with Crippen LogP contribution in [0.4, 0.5) is 18.9 Å². The number of alkyl halides is 3. The van der Waals surface area contributed by atoms with E-state index in [4.69, 9.17) is 11.6 Å². The molecule has 0 atom stereocenters. The Morgan fingerprint density at radius 1 is 1.41 bits per heavy atom. The van der Waals surface area contributed by atoms with Crippen LogP contribution in [0.1, 0.15) is 11.1 Å². The lowest BCUT2D eigenvalue weighted by atomic mass is 10.1. The van der Waals surface area contributed by atoms with Crippen molar-refractivity contribution in [2.24, 2.45) is 12.1 Å². The van der Waals surface area contributed by atoms with Crippen molar-refractivity contribution in [2.75, 3.05) is 5.43 Å². The van der Waals surface area contributed by atoms with Crippen LogP contribution in [-0.2, 0) is 13.2 Å². The number of aromatic nitrogens is 2. The smallest absolute Gasteiger partial charge is 0.275 e. The molecule has 0 unspecified atom stereocenters. The average molecular weight is 331 g/mol. The van der Waals surface area contributed by atoms with Crippen molar-refractivity contribution in [3.8, 4) is 0 Å². The zero-order valence-corrected chi connectivity index (χ0v) is 12.0. The van der Waals surface area contributed by atoms with Crippen molar-refractivity contribution in [3.63, 3.8) is 0 Å². The van der Waals surface area contributed by atoms with Crippen LogP contribution in [0.25, 0.3) is 0 Å². The van der Waals surface area contributed by atoms with E-state index in [2.05, 4.69) is 15.6 Å². The van der Waals surface area contributed by atoms with Gasteiger partial charge in [-0.25, -0.2) is 4.68 Å². The van der Waals surface area contributed by atoms with E-state index >= 15 is 0 Å². The maximum Gasteiger partial charge on any atom is 0.416 e. The number of halogens is 4. The van der Waals surface area contributed by atoms with E-state index in [0.717, 1.165) is 16.8 Å². The molecule has 0 saturated carbocycles. The van der Waals surface area contributed by atoms with Gasteiger partial charge in [-0.1, -0.05) is 23.7 Å². The van der Waals surface area contributed by atoms with Crippen LogP contribution < -0.4 is 11.0 Å². The molecule has 0 fully saturated rings. The lowest BCUT2D eigenvalue weighted by molar-refractivity contribution is -0.137. The summed E-state index contributed by atoms with van der Waals surface area (Å²) in [5, 5.41) is 7.39. The van der Waals surface area contributed by atoms with Crippen LogP contribution in [0.2, 0.25) is 5.02 Å². The second-order valence-electron chi connectivity index (χ2n) is 4.29. The van der Waals surface area contributed by atoms with Gasteiger partial charge in [0.05, 0.1) is 18.0 Å². The minimum Gasteiger partial charge on any atom is -0.275 e. The molecule has 0 radical (unpaired) electrons. The molecule has 5 nitrogen and oxygen atoms in total. The largest absolute Gasteiger partial charge is 0.416 e. The highest BCUT2D eigenvalue weighted by molar-refractivity contribution is 6.32. The Labute approximate surface area is 128 Å². The first-order valence-electron chi connectivity index (χ1n) is 5.97. The minimum atomic E-state index is -4.42. The van der Waals surface area contributed by atoms with Gasteiger partial charge in [0.25, 0.3) is 5.56 Å². The summed E-state index contributed by atoms with van der Waals surface area (Å²) in [6.07, 6.45) is -1.95. The average Bonchev–Trinajstić information content (AvgIpc) is 2.47. The standard InChI is InChI=1S/C13H10ClF3N4O/c1-21-12(22)11(14)10(7-19-21)20-18-6-8-3-2-4-9(5-8)13(15,16)17/h2-7,20H,1H3/b18-6-. The van der Waals surface area contributed by atoms with Gasteiger partial charge in [-0.3, -0.25) is 10.2 Å². The lowest BCUT2D eigenvalue weighted by Gasteiger charge is -2.06. The second-order valence-corrected chi connectivity index (χ2v) is 4.67. The van der Waals surface area contributed by atoms with Crippen LogP contribution >= 0.6 is 11.6 Å². The molecule has 2 rings (SSSR count). The molecule has 1 aromatic heterocycles. The molecular formula is C13H10ClF3N4O. The number of rotatable bonds is 3. The maximum absolute atomic E-state index is 12.6. The molecule has 1 aromatic carbocycles. The summed E-state index contributed by atoms with van der Waals surface area (Å²) in [6.45, 7) is 0. The summed E-state index contributed by atoms with van der Waals surface area (Å²) in [5.41, 5.74) is 1.59. The second kappa shape index (κ2) is 6.18. The normalized spacial score (nSPS) is 11.9. The lowest BCUT2D eigenvalue weighted by Crippen LogP contribution is -2.20. The number of anilines is 1. The summed E-state index contributed by atoms with van der Waals surface area (Å²) in [7, 11) is 1.43. The molecule has 116 valence electrons. The first-order valence-corrected chi connectivity index (χ1v) is 6.35. The Bertz CT molecular complexity index is 771. The molecule has 0 amide bonds. The van der Waals surface area contributed by atoms with Gasteiger partial charge < -0.3 is 0 Å². The molecule has 0 bridgehead atoms.